The number of carboxylic acids is 1. The van der Waals surface area contributed by atoms with Gasteiger partial charge in [-0.15, -0.1) is 11.3 Å². The van der Waals surface area contributed by atoms with Crippen molar-refractivity contribution in [1.29, 1.82) is 0 Å². The summed E-state index contributed by atoms with van der Waals surface area (Å²) in [6.07, 6.45) is -0.840. The number of aromatic nitrogens is 1. The maximum atomic E-state index is 12.3. The number of thioether (sulfide) groups is 1. The molecule has 0 bridgehead atoms. The van der Waals surface area contributed by atoms with Gasteiger partial charge in [0.25, 0.3) is 0 Å². The van der Waals surface area contributed by atoms with Crippen molar-refractivity contribution >= 4 is 45.2 Å². The molecule has 3 heterocycles. The van der Waals surface area contributed by atoms with Crippen LogP contribution in [-0.4, -0.2) is 44.1 Å². The smallest absolute Gasteiger partial charge is 0.543 e. The van der Waals surface area contributed by atoms with E-state index in [4.69, 9.17) is 0 Å². The number of nitrogens with zero attached hydrogens (tertiary/aromatic N) is 2. The third kappa shape index (κ3) is 3.32. The molecule has 1 aromatic carbocycles. The molecule has 1 fully saturated rings. The Morgan fingerprint density at radius 3 is 2.79 bits per heavy atom. The van der Waals surface area contributed by atoms with Gasteiger partial charge in [-0.3, -0.25) is 4.79 Å². The second-order valence-corrected chi connectivity index (χ2v) is 9.12. The molecule has 0 radical (unpaired) electrons. The predicted octanol–water partition coefficient (Wildman–Crippen LogP) is -2.30. The number of benzene rings is 1. The van der Waals surface area contributed by atoms with Crippen molar-refractivity contribution in [2.45, 2.75) is 36.9 Å². The molecule has 1 aromatic heterocycles. The molecule has 10 heteroatoms. The number of aliphatic carboxylic acids is 1. The van der Waals surface area contributed by atoms with Gasteiger partial charge in [0.2, 0.25) is 5.91 Å². The summed E-state index contributed by atoms with van der Waals surface area (Å²) >= 11 is 2.65. The zero-order valence-electron chi connectivity index (χ0n) is 15.6. The normalized spacial score (nSPS) is 24.8. The van der Waals surface area contributed by atoms with Crippen LogP contribution in [0.3, 0.4) is 0 Å². The van der Waals surface area contributed by atoms with Crippen LogP contribution in [0.5, 0.6) is 0 Å². The fraction of sp³-hybridized carbons (Fsp3) is 0.389. The van der Waals surface area contributed by atoms with E-state index >= 15 is 0 Å². The first kappa shape index (κ1) is 21.8. The van der Waals surface area contributed by atoms with Crippen LogP contribution in [-0.2, 0) is 16.2 Å². The molecule has 7 nitrogen and oxygen atoms in total. The van der Waals surface area contributed by atoms with Gasteiger partial charge in [0.15, 0.2) is 4.34 Å². The number of β-lactam (4-membered cyclic amide) rings is 1. The van der Waals surface area contributed by atoms with Crippen molar-refractivity contribution in [3.8, 4) is 0 Å². The SMILES string of the molecule is C[C@@H](O)[C@H]1C(=O)N2C(C(=O)[O-])=C(Sc3nc4cc(CO)ccc4s3)[C@H](C)[C@H]12.[Na+]. The molecule has 1 amide bonds. The van der Waals surface area contributed by atoms with Crippen LogP contribution < -0.4 is 34.7 Å². The van der Waals surface area contributed by atoms with E-state index in [1.54, 1.807) is 13.0 Å². The molecule has 0 saturated carbocycles. The van der Waals surface area contributed by atoms with Crippen molar-refractivity contribution in [3.63, 3.8) is 0 Å². The summed E-state index contributed by atoms with van der Waals surface area (Å²) in [5.74, 6) is -2.61. The van der Waals surface area contributed by atoms with Crippen LogP contribution in [0.25, 0.3) is 10.2 Å². The molecule has 0 spiro atoms. The molecule has 142 valence electrons. The molecule has 28 heavy (non-hydrogen) atoms. The number of amides is 1. The van der Waals surface area contributed by atoms with Gasteiger partial charge in [0.05, 0.1) is 46.6 Å². The molecule has 2 N–H and O–H groups in total. The summed E-state index contributed by atoms with van der Waals surface area (Å²) in [5.41, 5.74) is 1.37. The molecule has 2 aliphatic heterocycles. The van der Waals surface area contributed by atoms with Crippen molar-refractivity contribution < 1.29 is 54.5 Å². The zero-order chi connectivity index (χ0) is 19.5. The number of carbonyl (C=O) groups excluding carboxylic acids is 2. The molecule has 4 rings (SSSR count). The van der Waals surface area contributed by atoms with Gasteiger partial charge in [-0.2, -0.15) is 0 Å². The molecule has 2 aliphatic rings. The molecule has 2 aromatic rings. The van der Waals surface area contributed by atoms with E-state index in [9.17, 15) is 24.9 Å². The Bertz CT molecular complexity index is 990. The van der Waals surface area contributed by atoms with Crippen molar-refractivity contribution in [2.24, 2.45) is 11.8 Å². The van der Waals surface area contributed by atoms with E-state index in [1.807, 2.05) is 19.1 Å². The Hall–Kier alpha value is -0.940. The quantitative estimate of drug-likeness (QED) is 0.407. The number of hydrogen-bond acceptors (Lipinski definition) is 8. The van der Waals surface area contributed by atoms with E-state index in [2.05, 4.69) is 4.98 Å². The summed E-state index contributed by atoms with van der Waals surface area (Å²) < 4.78 is 1.58. The van der Waals surface area contributed by atoms with Crippen molar-refractivity contribution in [3.05, 3.63) is 34.4 Å². The van der Waals surface area contributed by atoms with E-state index in [-0.39, 0.29) is 59.7 Å². The minimum absolute atomic E-state index is 0. The Balaban J connectivity index is 0.00000225. The van der Waals surface area contributed by atoms with Gasteiger partial charge < -0.3 is 25.0 Å². The molecule has 4 atom stereocenters. The monoisotopic (exact) mass is 428 g/mol. The van der Waals surface area contributed by atoms with Crippen LogP contribution in [0.1, 0.15) is 19.4 Å². The fourth-order valence-electron chi connectivity index (χ4n) is 3.84. The van der Waals surface area contributed by atoms with Crippen LogP contribution in [0, 0.1) is 11.8 Å². The average molecular weight is 428 g/mol. The van der Waals surface area contributed by atoms with Gasteiger partial charge in [0, 0.05) is 10.8 Å². The van der Waals surface area contributed by atoms with Crippen LogP contribution >= 0.6 is 23.1 Å². The summed E-state index contributed by atoms with van der Waals surface area (Å²) in [5, 5.41) is 30.9. The minimum Gasteiger partial charge on any atom is -0.543 e. The van der Waals surface area contributed by atoms with E-state index in [0.29, 0.717) is 9.24 Å². The molecular formula is C18H17N2NaO5S2. The van der Waals surface area contributed by atoms with Gasteiger partial charge >= 0.3 is 29.6 Å². The summed E-state index contributed by atoms with van der Waals surface area (Å²) in [7, 11) is 0. The first-order valence-electron chi connectivity index (χ1n) is 8.48. The zero-order valence-corrected chi connectivity index (χ0v) is 19.2. The van der Waals surface area contributed by atoms with E-state index in [0.717, 1.165) is 15.8 Å². The number of aliphatic hydroxyl groups excluding tert-OH is 2. The van der Waals surface area contributed by atoms with E-state index < -0.39 is 18.0 Å². The number of aliphatic hydroxyl groups is 2. The largest absolute Gasteiger partial charge is 1.00 e. The summed E-state index contributed by atoms with van der Waals surface area (Å²) in [4.78, 5) is 30.4. The Kier molecular flexibility index (Phi) is 6.26. The Morgan fingerprint density at radius 1 is 1.46 bits per heavy atom. The molecule has 1 saturated heterocycles. The van der Waals surface area contributed by atoms with Crippen molar-refractivity contribution in [2.75, 3.05) is 0 Å². The van der Waals surface area contributed by atoms with Crippen LogP contribution in [0.15, 0.2) is 33.1 Å². The number of carbonyl (C=O) groups is 2. The second-order valence-electron chi connectivity index (χ2n) is 6.80. The third-order valence-electron chi connectivity index (χ3n) is 5.11. The molecule has 0 unspecified atom stereocenters. The van der Waals surface area contributed by atoms with Crippen LogP contribution in [0.2, 0.25) is 0 Å². The average Bonchev–Trinajstić information content (AvgIpc) is 3.11. The first-order valence-corrected chi connectivity index (χ1v) is 10.1. The maximum absolute atomic E-state index is 12.3. The number of hydrogen-bond donors (Lipinski definition) is 2. The Labute approximate surface area is 191 Å². The predicted molar refractivity (Wildman–Crippen MR) is 98.4 cm³/mol. The number of thiazole rings is 1. The minimum atomic E-state index is -1.40. The maximum Gasteiger partial charge on any atom is 1.00 e. The van der Waals surface area contributed by atoms with Crippen molar-refractivity contribution in [1.82, 2.24) is 9.88 Å². The molecular weight excluding hydrogens is 411 g/mol. The molecule has 0 aliphatic carbocycles. The third-order valence-corrected chi connectivity index (χ3v) is 7.50. The Morgan fingerprint density at radius 2 is 2.18 bits per heavy atom. The fourth-order valence-corrected chi connectivity index (χ4v) is 6.15. The van der Waals surface area contributed by atoms with Gasteiger partial charge in [-0.25, -0.2) is 4.98 Å². The van der Waals surface area contributed by atoms with Gasteiger partial charge in [-0.05, 0) is 24.6 Å². The summed E-state index contributed by atoms with van der Waals surface area (Å²) in [6, 6.07) is 5.11. The van der Waals surface area contributed by atoms with Gasteiger partial charge in [-0.1, -0.05) is 24.8 Å². The topological polar surface area (TPSA) is 114 Å². The van der Waals surface area contributed by atoms with Gasteiger partial charge in [0.1, 0.15) is 0 Å². The first-order chi connectivity index (χ1) is 12.8. The number of carboxylic acid groups (broad SMARTS) is 1. The summed E-state index contributed by atoms with van der Waals surface area (Å²) in [6.45, 7) is 3.32. The van der Waals surface area contributed by atoms with E-state index in [1.165, 1.54) is 28.0 Å². The second kappa shape index (κ2) is 8.06. The standard InChI is InChI=1S/C18H18N2O5S2.Na/c1-7-13-12(8(2)22)16(23)20(13)14(17(24)25)15(7)27-18-19-10-5-9(6-21)3-4-11(10)26-18;/h3-5,7-8,12-13,21-22H,6H2,1-2H3,(H,24,25);/q;+1/p-1/t7-,8-,12-,13-;/m1./s1. The number of rotatable bonds is 5. The van der Waals surface area contributed by atoms with Crippen LogP contribution in [0.4, 0.5) is 0 Å². The number of fused-ring (bicyclic) bond motifs is 2.